The monoisotopic (exact) mass is 427 g/mol. The van der Waals surface area contributed by atoms with Gasteiger partial charge in [0.1, 0.15) is 18.9 Å². The van der Waals surface area contributed by atoms with E-state index in [0.717, 1.165) is 34.9 Å². The lowest BCUT2D eigenvalue weighted by Crippen LogP contribution is -2.25. The molecule has 1 aliphatic rings. The van der Waals surface area contributed by atoms with Crippen molar-refractivity contribution in [3.8, 4) is 29.4 Å². The van der Waals surface area contributed by atoms with E-state index in [1.807, 2.05) is 48.7 Å². The number of aromatic nitrogens is 5. The zero-order valence-electron chi connectivity index (χ0n) is 17.8. The number of benzene rings is 1. The molecule has 1 N–H and O–H groups in total. The molecule has 5 rings (SSSR count). The van der Waals surface area contributed by atoms with Gasteiger partial charge in [0.25, 0.3) is 0 Å². The number of nitrogens with zero attached hydrogens (tertiary/aromatic N) is 6. The van der Waals surface area contributed by atoms with Crippen LogP contribution in [0.25, 0.3) is 16.9 Å². The van der Waals surface area contributed by atoms with E-state index < -0.39 is 0 Å². The molecule has 8 nitrogen and oxygen atoms in total. The summed E-state index contributed by atoms with van der Waals surface area (Å²) in [6.45, 7) is 4.50. The van der Waals surface area contributed by atoms with Crippen molar-refractivity contribution < 1.29 is 4.74 Å². The van der Waals surface area contributed by atoms with Crippen LogP contribution < -0.4 is 10.1 Å². The summed E-state index contributed by atoms with van der Waals surface area (Å²) in [6.07, 6.45) is 11.7. The normalized spacial score (nSPS) is 14.0. The lowest BCUT2D eigenvalue weighted by molar-refractivity contribution is 0.238. The number of ether oxygens (including phenoxy) is 1. The Balaban J connectivity index is 1.26. The number of rotatable bonds is 8. The van der Waals surface area contributed by atoms with Crippen LogP contribution in [0.3, 0.4) is 0 Å². The van der Waals surface area contributed by atoms with Crippen molar-refractivity contribution in [2.45, 2.75) is 19.4 Å². The average Bonchev–Trinajstić information content (AvgIpc) is 3.56. The molecule has 0 unspecified atom stereocenters. The third-order valence-corrected chi connectivity index (χ3v) is 5.53. The van der Waals surface area contributed by atoms with Crippen LogP contribution in [0.1, 0.15) is 12.8 Å². The van der Waals surface area contributed by atoms with Crippen molar-refractivity contribution in [3.63, 3.8) is 0 Å². The second-order valence-corrected chi connectivity index (χ2v) is 7.79. The average molecular weight is 428 g/mol. The molecule has 4 heterocycles. The first kappa shape index (κ1) is 20.1. The molecule has 0 aliphatic carbocycles. The summed E-state index contributed by atoms with van der Waals surface area (Å²) >= 11 is 0. The van der Waals surface area contributed by atoms with Crippen LogP contribution in [0.15, 0.2) is 54.9 Å². The molecule has 32 heavy (non-hydrogen) atoms. The van der Waals surface area contributed by atoms with Gasteiger partial charge in [-0.05, 0) is 62.3 Å². The molecule has 1 aliphatic heterocycles. The summed E-state index contributed by atoms with van der Waals surface area (Å²) in [6, 6.07) is 13.7. The van der Waals surface area contributed by atoms with Gasteiger partial charge in [-0.3, -0.25) is 9.58 Å². The number of likely N-dealkylation sites (tertiary alicyclic amines) is 1. The number of nitrogens with one attached hydrogen (secondary N) is 1. The van der Waals surface area contributed by atoms with Crippen molar-refractivity contribution >= 4 is 17.3 Å². The zero-order valence-corrected chi connectivity index (χ0v) is 17.8. The Morgan fingerprint density at radius 1 is 1.09 bits per heavy atom. The number of anilines is 2. The highest BCUT2D eigenvalue weighted by atomic mass is 16.5. The van der Waals surface area contributed by atoms with E-state index >= 15 is 0 Å². The lowest BCUT2D eigenvalue weighted by atomic mass is 10.2. The number of terminal acetylenes is 1. The van der Waals surface area contributed by atoms with Gasteiger partial charge in [0.2, 0.25) is 5.95 Å². The Labute approximate surface area is 186 Å². The predicted molar refractivity (Wildman–Crippen MR) is 124 cm³/mol. The molecule has 0 amide bonds. The first-order valence-electron chi connectivity index (χ1n) is 10.8. The third-order valence-electron chi connectivity index (χ3n) is 5.53. The zero-order chi connectivity index (χ0) is 21.8. The van der Waals surface area contributed by atoms with Crippen molar-refractivity contribution in [2.75, 3.05) is 31.6 Å². The molecule has 162 valence electrons. The van der Waals surface area contributed by atoms with E-state index in [-0.39, 0.29) is 0 Å². The SMILES string of the molecule is C#CCn1cc(-c2cccc3nc(Nc4ccc(OCCN5CCCC5)cc4)nn23)cn1. The number of hydrogen-bond donors (Lipinski definition) is 1. The van der Waals surface area contributed by atoms with E-state index in [1.165, 1.54) is 25.9 Å². The maximum atomic E-state index is 5.88. The van der Waals surface area contributed by atoms with Gasteiger partial charge in [0.05, 0.1) is 11.9 Å². The molecule has 0 saturated carbocycles. The predicted octanol–water partition coefficient (Wildman–Crippen LogP) is 3.44. The van der Waals surface area contributed by atoms with Gasteiger partial charge in [-0.1, -0.05) is 12.0 Å². The fourth-order valence-corrected chi connectivity index (χ4v) is 3.91. The van der Waals surface area contributed by atoms with Crippen molar-refractivity contribution in [2.24, 2.45) is 0 Å². The fraction of sp³-hybridized carbons (Fsp3) is 0.292. The van der Waals surface area contributed by atoms with Crippen LogP contribution in [0.5, 0.6) is 5.75 Å². The summed E-state index contributed by atoms with van der Waals surface area (Å²) in [7, 11) is 0. The van der Waals surface area contributed by atoms with Crippen molar-refractivity contribution in [1.82, 2.24) is 29.3 Å². The first-order valence-corrected chi connectivity index (χ1v) is 10.8. The highest BCUT2D eigenvalue weighted by molar-refractivity contribution is 5.63. The smallest absolute Gasteiger partial charge is 0.247 e. The molecule has 0 radical (unpaired) electrons. The second-order valence-electron chi connectivity index (χ2n) is 7.79. The second kappa shape index (κ2) is 9.12. The van der Waals surface area contributed by atoms with E-state index in [2.05, 4.69) is 31.3 Å². The molecule has 8 heteroatoms. The Morgan fingerprint density at radius 3 is 2.75 bits per heavy atom. The highest BCUT2D eigenvalue weighted by Crippen LogP contribution is 2.23. The van der Waals surface area contributed by atoms with E-state index in [4.69, 9.17) is 11.2 Å². The van der Waals surface area contributed by atoms with Gasteiger partial charge in [-0.25, -0.2) is 4.52 Å². The van der Waals surface area contributed by atoms with Gasteiger partial charge in [-0.2, -0.15) is 10.1 Å². The third kappa shape index (κ3) is 4.43. The maximum Gasteiger partial charge on any atom is 0.247 e. The maximum absolute atomic E-state index is 5.88. The largest absolute Gasteiger partial charge is 0.492 e. The summed E-state index contributed by atoms with van der Waals surface area (Å²) in [5, 5.41) is 12.2. The van der Waals surface area contributed by atoms with E-state index in [1.54, 1.807) is 15.4 Å². The lowest BCUT2D eigenvalue weighted by Gasteiger charge is -2.15. The van der Waals surface area contributed by atoms with Gasteiger partial charge >= 0.3 is 0 Å². The summed E-state index contributed by atoms with van der Waals surface area (Å²) < 4.78 is 9.40. The number of hydrogen-bond acceptors (Lipinski definition) is 6. The Kier molecular flexibility index (Phi) is 5.73. The molecule has 0 bridgehead atoms. The quantitative estimate of drug-likeness (QED) is 0.434. The van der Waals surface area contributed by atoms with Crippen LogP contribution in [0.2, 0.25) is 0 Å². The van der Waals surface area contributed by atoms with Crippen LogP contribution in [0, 0.1) is 12.3 Å². The van der Waals surface area contributed by atoms with Crippen LogP contribution in [-0.2, 0) is 6.54 Å². The molecular formula is C24H25N7O. The van der Waals surface area contributed by atoms with Crippen molar-refractivity contribution in [1.29, 1.82) is 0 Å². The summed E-state index contributed by atoms with van der Waals surface area (Å²) in [5.41, 5.74) is 3.47. The van der Waals surface area contributed by atoms with Gasteiger partial charge in [-0.15, -0.1) is 11.5 Å². The number of pyridine rings is 1. The molecule has 0 spiro atoms. The Morgan fingerprint density at radius 2 is 1.94 bits per heavy atom. The Hall–Kier alpha value is -3.83. The van der Waals surface area contributed by atoms with Crippen LogP contribution in [-0.4, -0.2) is 55.5 Å². The van der Waals surface area contributed by atoms with Crippen molar-refractivity contribution in [3.05, 3.63) is 54.9 Å². The molecule has 0 atom stereocenters. The van der Waals surface area contributed by atoms with Crippen LogP contribution in [0.4, 0.5) is 11.6 Å². The van der Waals surface area contributed by atoms with Gasteiger partial charge < -0.3 is 10.1 Å². The minimum absolute atomic E-state index is 0.429. The summed E-state index contributed by atoms with van der Waals surface area (Å²) in [5.74, 6) is 3.98. The molecule has 1 aromatic carbocycles. The topological polar surface area (TPSA) is 72.5 Å². The Bertz CT molecular complexity index is 1230. The fourth-order valence-electron chi connectivity index (χ4n) is 3.91. The highest BCUT2D eigenvalue weighted by Gasteiger charge is 2.12. The molecule has 1 saturated heterocycles. The molecule has 4 aromatic rings. The first-order chi connectivity index (χ1) is 15.8. The minimum atomic E-state index is 0.429. The number of fused-ring (bicyclic) bond motifs is 1. The van der Waals surface area contributed by atoms with E-state index in [0.29, 0.717) is 19.1 Å². The molecular weight excluding hydrogens is 402 g/mol. The van der Waals surface area contributed by atoms with Gasteiger partial charge in [0, 0.05) is 24.0 Å². The standard InChI is InChI=1S/C24H25N7O/c1-2-12-30-18-19(17-25-30)22-6-5-7-23-27-24(28-31(22)23)26-20-8-10-21(11-9-20)32-16-15-29-13-3-4-14-29/h1,5-11,17-18H,3-4,12-16H2,(H,26,28). The van der Waals surface area contributed by atoms with E-state index in [9.17, 15) is 0 Å². The summed E-state index contributed by atoms with van der Waals surface area (Å²) in [4.78, 5) is 7.04. The minimum Gasteiger partial charge on any atom is -0.492 e. The molecule has 1 fully saturated rings. The van der Waals surface area contributed by atoms with Gasteiger partial charge in [0.15, 0.2) is 5.65 Å². The molecule has 3 aromatic heterocycles. The van der Waals surface area contributed by atoms with Crippen LogP contribution >= 0.6 is 0 Å².